The van der Waals surface area contributed by atoms with Gasteiger partial charge in [0, 0.05) is 26.2 Å². The highest BCUT2D eigenvalue weighted by Gasteiger charge is 2.36. The Morgan fingerprint density at radius 3 is 0.727 bits per heavy atom. The number of hydrogen-bond acceptors (Lipinski definition) is 6. The summed E-state index contributed by atoms with van der Waals surface area (Å²) in [5.41, 5.74) is 8.84. The molecule has 0 spiro atoms. The smallest absolute Gasteiger partial charge is 0.384 e. The number of benzene rings is 4. The van der Waals surface area contributed by atoms with Crippen molar-refractivity contribution in [3.8, 4) is 23.0 Å². The fourth-order valence-corrected chi connectivity index (χ4v) is 8.69. The van der Waals surface area contributed by atoms with Crippen LogP contribution in [0.5, 0.6) is 23.0 Å². The first-order chi connectivity index (χ1) is 21.1. The Hall–Kier alpha value is -3.14. The summed E-state index contributed by atoms with van der Waals surface area (Å²) >= 11 is 0. The molecule has 1 heterocycles. The Morgan fingerprint density at radius 1 is 0.364 bits per heavy atom. The SMILES string of the molecule is Cc1cccc(C)c1OP(Oc1c(C)cccc1C)N1CCN(P(Oc2c(C)cccc2C)Oc2c(C)cccc2C)CC1. The molecule has 5 rings (SSSR count). The van der Waals surface area contributed by atoms with Crippen LogP contribution < -0.4 is 18.1 Å². The number of piperazine rings is 1. The van der Waals surface area contributed by atoms with E-state index in [1.165, 1.54) is 0 Å². The molecule has 0 aromatic heterocycles. The topological polar surface area (TPSA) is 43.4 Å². The average Bonchev–Trinajstić information content (AvgIpc) is 2.99. The quantitative estimate of drug-likeness (QED) is 0.163. The molecule has 0 bridgehead atoms. The highest BCUT2D eigenvalue weighted by molar-refractivity contribution is 7.46. The predicted octanol–water partition coefficient (Wildman–Crippen LogP) is 9.84. The molecule has 0 saturated carbocycles. The Kier molecular flexibility index (Phi) is 10.5. The third-order valence-corrected chi connectivity index (χ3v) is 11.1. The van der Waals surface area contributed by atoms with Crippen molar-refractivity contribution in [3.63, 3.8) is 0 Å². The lowest BCUT2D eigenvalue weighted by Gasteiger charge is -2.39. The molecule has 1 aliphatic heterocycles. The number of para-hydroxylation sites is 4. The molecule has 1 fully saturated rings. The third kappa shape index (κ3) is 7.38. The van der Waals surface area contributed by atoms with Gasteiger partial charge in [-0.25, -0.2) is 9.34 Å². The minimum absolute atomic E-state index is 0.757. The summed E-state index contributed by atoms with van der Waals surface area (Å²) < 4.78 is 31.8. The summed E-state index contributed by atoms with van der Waals surface area (Å²) in [5.74, 6) is 3.58. The summed E-state index contributed by atoms with van der Waals surface area (Å²) in [6.07, 6.45) is 0. The molecular formula is C36H44N2O4P2. The van der Waals surface area contributed by atoms with Crippen LogP contribution in [0, 0.1) is 55.4 Å². The summed E-state index contributed by atoms with van der Waals surface area (Å²) in [5, 5.41) is 0. The molecule has 4 aromatic carbocycles. The van der Waals surface area contributed by atoms with Gasteiger partial charge in [-0.1, -0.05) is 72.8 Å². The number of rotatable bonds is 10. The highest BCUT2D eigenvalue weighted by atomic mass is 31.2. The normalized spacial score (nSPS) is 14.2. The molecule has 0 radical (unpaired) electrons. The first-order valence-corrected chi connectivity index (χ1v) is 17.4. The average molecular weight is 631 g/mol. The van der Waals surface area contributed by atoms with Crippen LogP contribution in [0.4, 0.5) is 0 Å². The van der Waals surface area contributed by atoms with Gasteiger partial charge in [0.25, 0.3) is 0 Å². The molecule has 44 heavy (non-hydrogen) atoms. The van der Waals surface area contributed by atoms with E-state index in [1.54, 1.807) is 0 Å². The van der Waals surface area contributed by atoms with Gasteiger partial charge in [-0.15, -0.1) is 0 Å². The van der Waals surface area contributed by atoms with Crippen LogP contribution in [0.1, 0.15) is 44.5 Å². The molecule has 0 atom stereocenters. The largest absolute Gasteiger partial charge is 0.426 e. The van der Waals surface area contributed by atoms with Crippen molar-refractivity contribution in [1.82, 2.24) is 9.34 Å². The predicted molar refractivity (Wildman–Crippen MR) is 183 cm³/mol. The second kappa shape index (κ2) is 14.3. The van der Waals surface area contributed by atoms with Crippen LogP contribution in [-0.2, 0) is 0 Å². The lowest BCUT2D eigenvalue weighted by atomic mass is 10.1. The van der Waals surface area contributed by atoms with Gasteiger partial charge in [0.05, 0.1) is 0 Å². The maximum Gasteiger partial charge on any atom is 0.384 e. The number of nitrogens with zero attached hydrogens (tertiary/aromatic N) is 2. The van der Waals surface area contributed by atoms with Gasteiger partial charge in [0.2, 0.25) is 0 Å². The van der Waals surface area contributed by atoms with Crippen molar-refractivity contribution < 1.29 is 18.1 Å². The van der Waals surface area contributed by atoms with Crippen molar-refractivity contribution >= 4 is 17.1 Å². The van der Waals surface area contributed by atoms with E-state index in [2.05, 4.69) is 138 Å². The van der Waals surface area contributed by atoms with E-state index in [4.69, 9.17) is 18.1 Å². The molecule has 8 heteroatoms. The molecule has 1 saturated heterocycles. The zero-order chi connectivity index (χ0) is 31.4. The van der Waals surface area contributed by atoms with Gasteiger partial charge >= 0.3 is 17.1 Å². The van der Waals surface area contributed by atoms with Gasteiger partial charge in [-0.05, 0) is 99.9 Å². The van der Waals surface area contributed by atoms with Crippen molar-refractivity contribution in [3.05, 3.63) is 117 Å². The van der Waals surface area contributed by atoms with Crippen LogP contribution >= 0.6 is 17.1 Å². The molecule has 232 valence electrons. The zero-order valence-corrected chi connectivity index (χ0v) is 29.0. The summed E-state index contributed by atoms with van der Waals surface area (Å²) in [6, 6.07) is 25.0. The summed E-state index contributed by atoms with van der Waals surface area (Å²) in [6.45, 7) is 19.8. The van der Waals surface area contributed by atoms with E-state index in [1.807, 2.05) is 0 Å². The zero-order valence-electron chi connectivity index (χ0n) is 27.2. The molecule has 1 aliphatic rings. The molecule has 0 amide bonds. The van der Waals surface area contributed by atoms with Crippen molar-refractivity contribution in [1.29, 1.82) is 0 Å². The maximum atomic E-state index is 6.77. The minimum Gasteiger partial charge on any atom is -0.426 e. The van der Waals surface area contributed by atoms with Crippen molar-refractivity contribution in [2.45, 2.75) is 55.4 Å². The van der Waals surface area contributed by atoms with E-state index >= 15 is 0 Å². The molecule has 0 N–H and O–H groups in total. The molecule has 0 unspecified atom stereocenters. The van der Waals surface area contributed by atoms with E-state index in [0.717, 1.165) is 93.7 Å². The van der Waals surface area contributed by atoms with E-state index < -0.39 is 17.1 Å². The van der Waals surface area contributed by atoms with E-state index in [-0.39, 0.29) is 0 Å². The monoisotopic (exact) mass is 630 g/mol. The molecule has 0 aliphatic carbocycles. The fourth-order valence-electron chi connectivity index (χ4n) is 5.37. The lowest BCUT2D eigenvalue weighted by Crippen LogP contribution is -2.43. The highest BCUT2D eigenvalue weighted by Crippen LogP contribution is 2.51. The second-order valence-corrected chi connectivity index (χ2v) is 14.4. The standard InChI is InChI=1S/C36H44N2O4P2/c1-25-13-9-14-26(2)33(25)39-43(40-34-27(3)15-10-16-28(34)4)37-21-23-38(24-22-37)44(41-35-29(5)17-11-18-30(35)6)42-36-31(7)19-12-20-32(36)8/h9-20H,21-24H2,1-8H3. The van der Waals surface area contributed by atoms with Crippen molar-refractivity contribution in [2.75, 3.05) is 26.2 Å². The minimum atomic E-state index is -1.42. The first-order valence-electron chi connectivity index (χ1n) is 15.2. The molecule has 6 nitrogen and oxygen atoms in total. The number of hydrogen-bond donors (Lipinski definition) is 0. The van der Waals surface area contributed by atoms with E-state index in [9.17, 15) is 0 Å². The Labute approximate surface area is 265 Å². The van der Waals surface area contributed by atoms with Crippen LogP contribution in [-0.4, -0.2) is 35.5 Å². The van der Waals surface area contributed by atoms with Crippen LogP contribution in [0.2, 0.25) is 0 Å². The van der Waals surface area contributed by atoms with Crippen LogP contribution in [0.25, 0.3) is 0 Å². The van der Waals surface area contributed by atoms with Gasteiger partial charge in [-0.2, -0.15) is 0 Å². The van der Waals surface area contributed by atoms with Crippen LogP contribution in [0.15, 0.2) is 72.8 Å². The summed E-state index contributed by atoms with van der Waals surface area (Å²) in [4.78, 5) is 0. The third-order valence-electron chi connectivity index (χ3n) is 8.01. The lowest BCUT2D eigenvalue weighted by molar-refractivity contribution is 0.236. The van der Waals surface area contributed by atoms with Gasteiger partial charge in [0.15, 0.2) is 0 Å². The van der Waals surface area contributed by atoms with Gasteiger partial charge in [-0.3, -0.25) is 0 Å². The molecule has 4 aromatic rings. The fraction of sp³-hybridized carbons (Fsp3) is 0.333. The number of aryl methyl sites for hydroxylation is 8. The van der Waals surface area contributed by atoms with Gasteiger partial charge in [0.1, 0.15) is 23.0 Å². The van der Waals surface area contributed by atoms with E-state index in [0.29, 0.717) is 0 Å². The van der Waals surface area contributed by atoms with Crippen molar-refractivity contribution in [2.24, 2.45) is 0 Å². The van der Waals surface area contributed by atoms with Crippen LogP contribution in [0.3, 0.4) is 0 Å². The summed E-state index contributed by atoms with van der Waals surface area (Å²) in [7, 11) is -2.84. The Morgan fingerprint density at radius 2 is 0.545 bits per heavy atom. The Balaban J connectivity index is 1.41. The first kappa shape index (κ1) is 32.3. The Bertz CT molecular complexity index is 1300. The second-order valence-electron chi connectivity index (χ2n) is 11.6. The molecular weight excluding hydrogens is 586 g/mol. The van der Waals surface area contributed by atoms with Gasteiger partial charge < -0.3 is 18.1 Å². The maximum absolute atomic E-state index is 6.77.